The summed E-state index contributed by atoms with van der Waals surface area (Å²) in [7, 11) is 1.38. The Kier molecular flexibility index (Phi) is 6.60. The van der Waals surface area contributed by atoms with Gasteiger partial charge in [0.15, 0.2) is 0 Å². The molecular weight excluding hydrogens is 369 g/mol. The molecule has 3 rings (SSSR count). The molecular formula is C24H24FNO3. The topological polar surface area (TPSA) is 46.6 Å². The molecule has 1 aliphatic heterocycles. The van der Waals surface area contributed by atoms with E-state index in [-0.39, 0.29) is 29.7 Å². The minimum absolute atomic E-state index is 0.0216. The molecule has 1 fully saturated rings. The van der Waals surface area contributed by atoms with Gasteiger partial charge in [0.25, 0.3) is 0 Å². The number of hydrogen-bond acceptors (Lipinski definition) is 3. The third-order valence-corrected chi connectivity index (χ3v) is 5.07. The van der Waals surface area contributed by atoms with Crippen LogP contribution < -0.4 is 4.90 Å². The van der Waals surface area contributed by atoms with Crippen molar-refractivity contribution in [1.82, 2.24) is 0 Å². The highest BCUT2D eigenvalue weighted by Gasteiger charge is 2.47. The lowest BCUT2D eigenvalue weighted by Gasteiger charge is -2.47. The van der Waals surface area contributed by atoms with Gasteiger partial charge in [0.1, 0.15) is 5.82 Å². The first-order valence-electron chi connectivity index (χ1n) is 9.58. The zero-order valence-corrected chi connectivity index (χ0v) is 16.4. The Morgan fingerprint density at radius 1 is 1.17 bits per heavy atom. The van der Waals surface area contributed by atoms with Crippen LogP contribution >= 0.6 is 0 Å². The number of amides is 1. The van der Waals surface area contributed by atoms with Crippen molar-refractivity contribution in [2.75, 3.05) is 12.0 Å². The number of carbonyl (C=O) groups excluding carboxylic acids is 2. The van der Waals surface area contributed by atoms with Crippen LogP contribution in [0.1, 0.15) is 36.4 Å². The zero-order valence-electron chi connectivity index (χ0n) is 16.4. The van der Waals surface area contributed by atoms with Crippen LogP contribution in [0, 0.1) is 11.7 Å². The molecule has 5 heteroatoms. The molecule has 1 saturated heterocycles. The number of hydrogen-bond donors (Lipinski definition) is 0. The number of β-lactam (4-membered cyclic amide) rings is 1. The number of benzene rings is 2. The second-order valence-corrected chi connectivity index (χ2v) is 6.94. The molecule has 150 valence electrons. The minimum Gasteiger partial charge on any atom is -0.469 e. The van der Waals surface area contributed by atoms with Gasteiger partial charge in [0.05, 0.1) is 19.1 Å². The van der Waals surface area contributed by atoms with Crippen LogP contribution in [0.2, 0.25) is 0 Å². The van der Waals surface area contributed by atoms with E-state index in [4.69, 9.17) is 0 Å². The van der Waals surface area contributed by atoms with Crippen LogP contribution in [0.4, 0.5) is 10.1 Å². The molecule has 0 radical (unpaired) electrons. The number of rotatable bonds is 8. The molecule has 1 aliphatic rings. The van der Waals surface area contributed by atoms with Crippen molar-refractivity contribution in [3.05, 3.63) is 84.2 Å². The predicted molar refractivity (Wildman–Crippen MR) is 112 cm³/mol. The summed E-state index contributed by atoms with van der Waals surface area (Å²) in [4.78, 5) is 25.5. The summed E-state index contributed by atoms with van der Waals surface area (Å²) in [6.07, 6.45) is 7.21. The van der Waals surface area contributed by atoms with Crippen molar-refractivity contribution in [1.29, 1.82) is 0 Å². The molecule has 1 amide bonds. The van der Waals surface area contributed by atoms with Gasteiger partial charge in [0, 0.05) is 12.1 Å². The van der Waals surface area contributed by atoms with Gasteiger partial charge in [-0.3, -0.25) is 9.59 Å². The van der Waals surface area contributed by atoms with E-state index in [0.29, 0.717) is 24.9 Å². The zero-order chi connectivity index (χ0) is 20.8. The number of carbonyl (C=O) groups is 2. The van der Waals surface area contributed by atoms with Crippen LogP contribution in [0.3, 0.4) is 0 Å². The van der Waals surface area contributed by atoms with E-state index in [1.807, 2.05) is 36.4 Å². The monoisotopic (exact) mass is 393 g/mol. The summed E-state index contributed by atoms with van der Waals surface area (Å²) < 4.78 is 17.9. The maximum atomic E-state index is 13.3. The normalized spacial score (nSPS) is 18.6. The quantitative estimate of drug-likeness (QED) is 0.357. The Balaban J connectivity index is 1.75. The number of methoxy groups -OCH3 is 1. The van der Waals surface area contributed by atoms with E-state index >= 15 is 0 Å². The minimum atomic E-state index is -0.329. The van der Waals surface area contributed by atoms with Gasteiger partial charge < -0.3 is 9.64 Å². The molecule has 0 unspecified atom stereocenters. The highest BCUT2D eigenvalue weighted by atomic mass is 19.1. The predicted octanol–water partition coefficient (Wildman–Crippen LogP) is 5.07. The van der Waals surface area contributed by atoms with Crippen molar-refractivity contribution in [2.24, 2.45) is 5.92 Å². The summed E-state index contributed by atoms with van der Waals surface area (Å²) in [5.74, 6) is -0.703. The molecule has 1 heterocycles. The largest absolute Gasteiger partial charge is 0.469 e. The summed E-state index contributed by atoms with van der Waals surface area (Å²) in [5, 5.41) is 0. The molecule has 2 aromatic rings. The Bertz CT molecular complexity index is 903. The maximum absolute atomic E-state index is 13.3. The number of allylic oxidation sites excluding steroid dienone is 2. The van der Waals surface area contributed by atoms with Crippen molar-refractivity contribution < 1.29 is 18.7 Å². The molecule has 0 bridgehead atoms. The SMILES string of the molecule is C=CC[C@H]1C(=O)N(c2ccc(F)cc2)[C@@H]1c1ccc(/C=C/CCC(=O)OC)cc1. The smallest absolute Gasteiger partial charge is 0.305 e. The Hall–Kier alpha value is -3.21. The fraction of sp³-hybridized carbons (Fsp3) is 0.250. The summed E-state index contributed by atoms with van der Waals surface area (Å²) in [6.45, 7) is 3.77. The van der Waals surface area contributed by atoms with E-state index in [1.165, 1.54) is 19.2 Å². The molecule has 2 aromatic carbocycles. The van der Waals surface area contributed by atoms with Crippen LogP contribution in [-0.4, -0.2) is 19.0 Å². The van der Waals surface area contributed by atoms with Crippen molar-refractivity contribution in [3.63, 3.8) is 0 Å². The van der Waals surface area contributed by atoms with Crippen molar-refractivity contribution >= 4 is 23.6 Å². The van der Waals surface area contributed by atoms with Gasteiger partial charge in [-0.05, 0) is 48.2 Å². The van der Waals surface area contributed by atoms with E-state index in [0.717, 1.165) is 11.1 Å². The van der Waals surface area contributed by atoms with Crippen LogP contribution in [0.5, 0.6) is 0 Å². The molecule has 29 heavy (non-hydrogen) atoms. The Labute approximate surface area is 170 Å². The average Bonchev–Trinajstić information content (AvgIpc) is 2.74. The van der Waals surface area contributed by atoms with Gasteiger partial charge in [0.2, 0.25) is 5.91 Å². The third-order valence-electron chi connectivity index (χ3n) is 5.07. The van der Waals surface area contributed by atoms with Crippen molar-refractivity contribution in [3.8, 4) is 0 Å². The van der Waals surface area contributed by atoms with Crippen LogP contribution in [0.25, 0.3) is 6.08 Å². The second kappa shape index (κ2) is 9.32. The molecule has 0 N–H and O–H groups in total. The molecule has 0 spiro atoms. The highest BCUT2D eigenvalue weighted by Crippen LogP contribution is 2.45. The van der Waals surface area contributed by atoms with Gasteiger partial charge in [-0.15, -0.1) is 6.58 Å². The van der Waals surface area contributed by atoms with Crippen LogP contribution in [0.15, 0.2) is 67.3 Å². The molecule has 2 atom stereocenters. The lowest BCUT2D eigenvalue weighted by molar-refractivity contribution is -0.140. The lowest BCUT2D eigenvalue weighted by Crippen LogP contribution is -2.55. The standard InChI is InChI=1S/C24H24FNO3/c1-3-6-21-23(26(24(21)28)20-15-13-19(25)14-16-20)18-11-9-17(10-12-18)7-4-5-8-22(27)29-2/h3-4,7,9-16,21,23H,1,5-6,8H2,2H3/b7-4+/t21-,23-/m1/s1. The second-order valence-electron chi connectivity index (χ2n) is 6.94. The van der Waals surface area contributed by atoms with E-state index in [2.05, 4.69) is 11.3 Å². The first kappa shape index (κ1) is 20.5. The van der Waals surface area contributed by atoms with E-state index < -0.39 is 0 Å². The average molecular weight is 393 g/mol. The van der Waals surface area contributed by atoms with E-state index in [9.17, 15) is 14.0 Å². The first-order valence-corrected chi connectivity index (χ1v) is 9.58. The van der Waals surface area contributed by atoms with Crippen LogP contribution in [-0.2, 0) is 14.3 Å². The van der Waals surface area contributed by atoms with Gasteiger partial charge in [-0.25, -0.2) is 4.39 Å². The molecule has 0 aromatic heterocycles. The highest BCUT2D eigenvalue weighted by molar-refractivity contribution is 6.03. The fourth-order valence-electron chi connectivity index (χ4n) is 3.56. The van der Waals surface area contributed by atoms with E-state index in [1.54, 1.807) is 23.1 Å². The van der Waals surface area contributed by atoms with Crippen molar-refractivity contribution in [2.45, 2.75) is 25.3 Å². The third kappa shape index (κ3) is 4.62. The van der Waals surface area contributed by atoms with Gasteiger partial charge in [-0.1, -0.05) is 42.5 Å². The number of esters is 1. The fourth-order valence-corrected chi connectivity index (χ4v) is 3.56. The molecule has 0 aliphatic carbocycles. The number of halogens is 1. The number of nitrogens with zero attached hydrogens (tertiary/aromatic N) is 1. The summed E-state index contributed by atoms with van der Waals surface area (Å²) in [6, 6.07) is 13.9. The molecule has 4 nitrogen and oxygen atoms in total. The Morgan fingerprint density at radius 3 is 2.48 bits per heavy atom. The summed E-state index contributed by atoms with van der Waals surface area (Å²) >= 11 is 0. The first-order chi connectivity index (χ1) is 14.0. The number of anilines is 1. The van der Waals surface area contributed by atoms with Gasteiger partial charge >= 0.3 is 5.97 Å². The molecule has 0 saturated carbocycles. The number of ether oxygens (including phenoxy) is 1. The maximum Gasteiger partial charge on any atom is 0.305 e. The summed E-state index contributed by atoms with van der Waals surface area (Å²) in [5.41, 5.74) is 2.72. The Morgan fingerprint density at radius 2 is 1.86 bits per heavy atom. The lowest BCUT2D eigenvalue weighted by atomic mass is 9.79. The van der Waals surface area contributed by atoms with Gasteiger partial charge in [-0.2, -0.15) is 0 Å².